The minimum atomic E-state index is 0.190. The molecule has 1 radical (unpaired) electrons. The molecule has 0 N–H and O–H groups in total. The van der Waals surface area contributed by atoms with Gasteiger partial charge in [0.2, 0.25) is 0 Å². The predicted octanol–water partition coefficient (Wildman–Crippen LogP) is 6.17. The third-order valence-electron chi connectivity index (χ3n) is 4.96. The summed E-state index contributed by atoms with van der Waals surface area (Å²) in [5, 5.41) is 0. The fourth-order valence-electron chi connectivity index (χ4n) is 3.41. The van der Waals surface area contributed by atoms with Crippen molar-refractivity contribution in [1.82, 2.24) is 0 Å². The molecule has 0 amide bonds. The quantitative estimate of drug-likeness (QED) is 0.632. The van der Waals surface area contributed by atoms with Gasteiger partial charge in [-0.3, -0.25) is 0 Å². The Morgan fingerprint density at radius 3 is 2.14 bits per heavy atom. The molecule has 0 aliphatic heterocycles. The molecule has 1 saturated carbocycles. The van der Waals surface area contributed by atoms with Crippen molar-refractivity contribution in [3.8, 4) is 0 Å². The highest BCUT2D eigenvalue weighted by molar-refractivity contribution is 5.45. The van der Waals surface area contributed by atoms with E-state index < -0.39 is 0 Å². The van der Waals surface area contributed by atoms with Gasteiger partial charge in [0.1, 0.15) is 0 Å². The number of hydrogen-bond acceptors (Lipinski definition) is 0. The molecule has 0 spiro atoms. The molecular weight excluding hydrogens is 264 g/mol. The van der Waals surface area contributed by atoms with Crippen LogP contribution in [0.1, 0.15) is 62.6 Å². The Bertz CT molecular complexity index is 599. The standard InChI is InChI=1S/C22H27/c1-22(2,3)21(16-17-10-5-4-6-11-17)20-15-8-7-14-19(20)18-12-9-13-18/h4-8,10-11,14-15,18H,9,12-13,16H2,1-3H3. The maximum atomic E-state index is 2.36. The molecule has 0 unspecified atom stereocenters. The van der Waals surface area contributed by atoms with Crippen molar-refractivity contribution in [3.05, 3.63) is 77.2 Å². The van der Waals surface area contributed by atoms with Gasteiger partial charge in [0.05, 0.1) is 0 Å². The fourth-order valence-corrected chi connectivity index (χ4v) is 3.41. The first-order valence-corrected chi connectivity index (χ1v) is 8.55. The molecule has 0 heterocycles. The highest BCUT2D eigenvalue weighted by Gasteiger charge is 2.31. The fraction of sp³-hybridized carbons (Fsp3) is 0.409. The van der Waals surface area contributed by atoms with E-state index >= 15 is 0 Å². The zero-order chi connectivity index (χ0) is 15.6. The van der Waals surface area contributed by atoms with Crippen LogP contribution in [0.5, 0.6) is 0 Å². The molecular formula is C22H27. The van der Waals surface area contributed by atoms with Crippen molar-refractivity contribution >= 4 is 0 Å². The molecule has 1 aliphatic carbocycles. The third kappa shape index (κ3) is 3.27. The maximum Gasteiger partial charge on any atom is 0.0150 e. The van der Waals surface area contributed by atoms with Crippen LogP contribution in [0.3, 0.4) is 0 Å². The van der Waals surface area contributed by atoms with Crippen molar-refractivity contribution in [2.45, 2.75) is 52.4 Å². The molecule has 3 rings (SSSR count). The Morgan fingerprint density at radius 2 is 1.55 bits per heavy atom. The molecule has 0 bridgehead atoms. The highest BCUT2D eigenvalue weighted by Crippen LogP contribution is 2.44. The lowest BCUT2D eigenvalue weighted by Gasteiger charge is -2.36. The summed E-state index contributed by atoms with van der Waals surface area (Å²) in [6.07, 6.45) is 5.16. The van der Waals surface area contributed by atoms with Gasteiger partial charge < -0.3 is 0 Å². The van der Waals surface area contributed by atoms with Gasteiger partial charge in [-0.2, -0.15) is 0 Å². The van der Waals surface area contributed by atoms with E-state index in [1.807, 2.05) is 0 Å². The summed E-state index contributed by atoms with van der Waals surface area (Å²) in [4.78, 5) is 0. The van der Waals surface area contributed by atoms with E-state index in [9.17, 15) is 0 Å². The lowest BCUT2D eigenvalue weighted by Crippen LogP contribution is -2.24. The summed E-state index contributed by atoms with van der Waals surface area (Å²) in [5.74, 6) is 2.35. The summed E-state index contributed by atoms with van der Waals surface area (Å²) < 4.78 is 0. The van der Waals surface area contributed by atoms with Crippen molar-refractivity contribution in [3.63, 3.8) is 0 Å². The van der Waals surface area contributed by atoms with Gasteiger partial charge in [-0.25, -0.2) is 0 Å². The average molecular weight is 291 g/mol. The monoisotopic (exact) mass is 291 g/mol. The summed E-state index contributed by atoms with van der Waals surface area (Å²) >= 11 is 0. The van der Waals surface area contributed by atoms with Gasteiger partial charge in [0, 0.05) is 5.92 Å². The number of rotatable bonds is 4. The van der Waals surface area contributed by atoms with E-state index in [1.54, 1.807) is 11.5 Å². The Kier molecular flexibility index (Phi) is 4.38. The van der Waals surface area contributed by atoms with Crippen molar-refractivity contribution in [1.29, 1.82) is 0 Å². The van der Waals surface area contributed by atoms with Crippen LogP contribution in [0.2, 0.25) is 0 Å². The molecule has 0 heteroatoms. The molecule has 22 heavy (non-hydrogen) atoms. The lowest BCUT2D eigenvalue weighted by molar-refractivity contribution is 0.404. The second-order valence-electron chi connectivity index (χ2n) is 7.61. The van der Waals surface area contributed by atoms with Crippen LogP contribution in [0, 0.1) is 11.3 Å². The molecule has 0 nitrogen and oxygen atoms in total. The van der Waals surface area contributed by atoms with Crippen molar-refractivity contribution in [2.75, 3.05) is 0 Å². The van der Waals surface area contributed by atoms with Crippen LogP contribution in [-0.4, -0.2) is 0 Å². The molecule has 0 saturated heterocycles. The SMILES string of the molecule is CC(C)(C)[C](Cc1ccccc1)c1ccccc1C1CCC1. The lowest BCUT2D eigenvalue weighted by atomic mass is 9.68. The van der Waals surface area contributed by atoms with E-state index in [-0.39, 0.29) is 5.41 Å². The van der Waals surface area contributed by atoms with E-state index in [0.717, 1.165) is 12.3 Å². The largest absolute Gasteiger partial charge is 0.0622 e. The van der Waals surface area contributed by atoms with E-state index in [1.165, 1.54) is 30.4 Å². The average Bonchev–Trinajstić information content (AvgIpc) is 2.44. The van der Waals surface area contributed by atoms with Gasteiger partial charge in [-0.05, 0) is 47.3 Å². The molecule has 115 valence electrons. The molecule has 1 aliphatic rings. The Morgan fingerprint density at radius 1 is 0.909 bits per heavy atom. The molecule has 0 atom stereocenters. The normalized spacial score (nSPS) is 15.8. The summed E-state index contributed by atoms with van der Waals surface area (Å²) in [6.45, 7) is 7.05. The van der Waals surface area contributed by atoms with Crippen molar-refractivity contribution < 1.29 is 0 Å². The smallest absolute Gasteiger partial charge is 0.0150 e. The van der Waals surface area contributed by atoms with Gasteiger partial charge >= 0.3 is 0 Å². The van der Waals surface area contributed by atoms with Crippen LogP contribution in [-0.2, 0) is 6.42 Å². The first-order chi connectivity index (χ1) is 10.6. The van der Waals surface area contributed by atoms with Crippen molar-refractivity contribution in [2.24, 2.45) is 5.41 Å². The van der Waals surface area contributed by atoms with Crippen LogP contribution in [0.15, 0.2) is 54.6 Å². The van der Waals surface area contributed by atoms with Gasteiger partial charge in [0.25, 0.3) is 0 Å². The second-order valence-corrected chi connectivity index (χ2v) is 7.61. The Balaban J connectivity index is 1.96. The summed E-state index contributed by atoms with van der Waals surface area (Å²) in [7, 11) is 0. The molecule has 2 aromatic rings. The molecule has 1 fully saturated rings. The first kappa shape index (κ1) is 15.3. The zero-order valence-corrected chi connectivity index (χ0v) is 14.1. The minimum absolute atomic E-state index is 0.190. The number of benzene rings is 2. The Hall–Kier alpha value is -1.56. The minimum Gasteiger partial charge on any atom is -0.0622 e. The maximum absolute atomic E-state index is 2.36. The van der Waals surface area contributed by atoms with E-state index in [0.29, 0.717) is 0 Å². The van der Waals surface area contributed by atoms with Crippen LogP contribution in [0.25, 0.3) is 0 Å². The first-order valence-electron chi connectivity index (χ1n) is 8.55. The van der Waals surface area contributed by atoms with Gasteiger partial charge in [0.15, 0.2) is 0 Å². The van der Waals surface area contributed by atoms with Gasteiger partial charge in [-0.1, -0.05) is 81.8 Å². The van der Waals surface area contributed by atoms with Crippen LogP contribution >= 0.6 is 0 Å². The predicted molar refractivity (Wildman–Crippen MR) is 95.0 cm³/mol. The number of hydrogen-bond donors (Lipinski definition) is 0. The topological polar surface area (TPSA) is 0 Å². The second kappa shape index (κ2) is 6.28. The van der Waals surface area contributed by atoms with E-state index in [2.05, 4.69) is 75.4 Å². The highest BCUT2D eigenvalue weighted by atomic mass is 14.4. The van der Waals surface area contributed by atoms with Crippen LogP contribution in [0.4, 0.5) is 0 Å². The summed E-state index contributed by atoms with van der Waals surface area (Å²) in [5.41, 5.74) is 4.68. The van der Waals surface area contributed by atoms with Gasteiger partial charge in [-0.15, -0.1) is 0 Å². The van der Waals surface area contributed by atoms with Crippen LogP contribution < -0.4 is 0 Å². The molecule has 0 aromatic heterocycles. The zero-order valence-electron chi connectivity index (χ0n) is 14.1. The van der Waals surface area contributed by atoms with E-state index in [4.69, 9.17) is 0 Å². The third-order valence-corrected chi connectivity index (χ3v) is 4.96. The molecule has 2 aromatic carbocycles. The Labute approximate surface area is 135 Å². The summed E-state index contributed by atoms with van der Waals surface area (Å²) in [6, 6.07) is 20.0.